The molecule has 1 rings (SSSR count). The van der Waals surface area contributed by atoms with Crippen molar-refractivity contribution in [3.63, 3.8) is 0 Å². The van der Waals surface area contributed by atoms with Crippen molar-refractivity contribution in [3.05, 3.63) is 16.1 Å². The smallest absolute Gasteiger partial charge is 0.107 e. The van der Waals surface area contributed by atoms with Gasteiger partial charge in [0.05, 0.1) is 10.5 Å². The van der Waals surface area contributed by atoms with Gasteiger partial charge in [-0.2, -0.15) is 0 Å². The molecule has 0 saturated carbocycles. The summed E-state index contributed by atoms with van der Waals surface area (Å²) in [5.74, 6) is 0.591. The summed E-state index contributed by atoms with van der Waals surface area (Å²) in [6, 6.07) is 0. The maximum atomic E-state index is 4.53. The lowest BCUT2D eigenvalue weighted by atomic mass is 10.1. The molecule has 0 spiro atoms. The van der Waals surface area contributed by atoms with Gasteiger partial charge in [-0.05, 0) is 13.0 Å². The summed E-state index contributed by atoms with van der Waals surface area (Å²) >= 11 is 5.37. The second-order valence-electron chi connectivity index (χ2n) is 3.35. The summed E-state index contributed by atoms with van der Waals surface area (Å²) < 4.78 is 0. The number of rotatable bonds is 4. The Kier molecular flexibility index (Phi) is 4.35. The van der Waals surface area contributed by atoms with E-state index in [1.54, 1.807) is 11.3 Å². The summed E-state index contributed by atoms with van der Waals surface area (Å²) in [6.07, 6.45) is 0. The highest BCUT2D eigenvalue weighted by Gasteiger charge is 2.15. The number of alkyl halides is 1. The van der Waals surface area contributed by atoms with Crippen molar-refractivity contribution in [2.24, 2.45) is 5.92 Å². The SMILES string of the molecule is CNCc1csc(C(Br)C(C)C)n1. The van der Waals surface area contributed by atoms with E-state index in [9.17, 15) is 0 Å². The topological polar surface area (TPSA) is 24.9 Å². The molecule has 2 nitrogen and oxygen atoms in total. The fourth-order valence-corrected chi connectivity index (χ4v) is 2.39. The average Bonchev–Trinajstić information content (AvgIpc) is 2.52. The van der Waals surface area contributed by atoms with E-state index in [4.69, 9.17) is 0 Å². The van der Waals surface area contributed by atoms with Gasteiger partial charge < -0.3 is 5.32 Å². The van der Waals surface area contributed by atoms with Crippen LogP contribution in [-0.4, -0.2) is 12.0 Å². The minimum Gasteiger partial charge on any atom is -0.314 e. The second kappa shape index (κ2) is 5.08. The molecule has 74 valence electrons. The highest BCUT2D eigenvalue weighted by Crippen LogP contribution is 2.32. The molecule has 1 unspecified atom stereocenters. The minimum atomic E-state index is 0.392. The third kappa shape index (κ3) is 3.04. The molecule has 0 fully saturated rings. The van der Waals surface area contributed by atoms with Gasteiger partial charge in [0, 0.05) is 11.9 Å². The molecule has 0 radical (unpaired) electrons. The minimum absolute atomic E-state index is 0.392. The summed E-state index contributed by atoms with van der Waals surface area (Å²) in [5, 5.41) is 6.39. The van der Waals surface area contributed by atoms with Gasteiger partial charge in [0.25, 0.3) is 0 Å². The van der Waals surface area contributed by atoms with Crippen molar-refractivity contribution in [3.8, 4) is 0 Å². The van der Waals surface area contributed by atoms with Gasteiger partial charge in [-0.15, -0.1) is 11.3 Å². The number of halogens is 1. The maximum Gasteiger partial charge on any atom is 0.107 e. The Labute approximate surface area is 91.9 Å². The zero-order valence-corrected chi connectivity index (χ0v) is 10.6. The first-order chi connectivity index (χ1) is 6.15. The molecule has 0 aliphatic heterocycles. The van der Waals surface area contributed by atoms with E-state index in [1.165, 1.54) is 5.01 Å². The maximum absolute atomic E-state index is 4.53. The highest BCUT2D eigenvalue weighted by atomic mass is 79.9. The van der Waals surface area contributed by atoms with Gasteiger partial charge >= 0.3 is 0 Å². The Hall–Kier alpha value is 0.0700. The zero-order valence-electron chi connectivity index (χ0n) is 8.17. The van der Waals surface area contributed by atoms with E-state index in [1.807, 2.05) is 7.05 Å². The molecule has 0 bridgehead atoms. The number of nitrogens with zero attached hydrogens (tertiary/aromatic N) is 1. The molecule has 0 amide bonds. The van der Waals surface area contributed by atoms with Gasteiger partial charge in [-0.3, -0.25) is 0 Å². The van der Waals surface area contributed by atoms with Crippen molar-refractivity contribution in [1.82, 2.24) is 10.3 Å². The van der Waals surface area contributed by atoms with Crippen LogP contribution in [0.15, 0.2) is 5.38 Å². The Morgan fingerprint density at radius 2 is 2.31 bits per heavy atom. The zero-order chi connectivity index (χ0) is 9.84. The lowest BCUT2D eigenvalue weighted by Crippen LogP contribution is -2.06. The fraction of sp³-hybridized carbons (Fsp3) is 0.667. The third-order valence-electron chi connectivity index (χ3n) is 1.75. The van der Waals surface area contributed by atoms with Crippen LogP contribution in [0.25, 0.3) is 0 Å². The van der Waals surface area contributed by atoms with E-state index in [0.29, 0.717) is 10.7 Å². The monoisotopic (exact) mass is 262 g/mol. The standard InChI is InChI=1S/C9H15BrN2S/c1-6(2)8(10)9-12-7(4-11-3)5-13-9/h5-6,8,11H,4H2,1-3H3. The predicted octanol–water partition coefficient (Wildman–Crippen LogP) is 2.95. The van der Waals surface area contributed by atoms with Crippen LogP contribution in [0, 0.1) is 5.92 Å². The number of aromatic nitrogens is 1. The van der Waals surface area contributed by atoms with Crippen molar-refractivity contribution < 1.29 is 0 Å². The number of nitrogens with one attached hydrogen (secondary N) is 1. The lowest BCUT2D eigenvalue weighted by molar-refractivity contribution is 0.635. The second-order valence-corrected chi connectivity index (χ2v) is 5.23. The third-order valence-corrected chi connectivity index (χ3v) is 4.52. The largest absolute Gasteiger partial charge is 0.314 e. The molecule has 1 aromatic heterocycles. The summed E-state index contributed by atoms with van der Waals surface area (Å²) in [7, 11) is 1.94. The molecule has 4 heteroatoms. The van der Waals surface area contributed by atoms with Gasteiger partial charge in [-0.25, -0.2) is 4.98 Å². The quantitative estimate of drug-likeness (QED) is 0.845. The van der Waals surface area contributed by atoms with Crippen LogP contribution in [0.1, 0.15) is 29.4 Å². The van der Waals surface area contributed by atoms with Crippen LogP contribution in [0.2, 0.25) is 0 Å². The molecule has 1 atom stereocenters. The van der Waals surface area contributed by atoms with Crippen molar-refractivity contribution in [2.45, 2.75) is 25.2 Å². The molecule has 1 aromatic rings. The Morgan fingerprint density at radius 3 is 2.85 bits per heavy atom. The lowest BCUT2D eigenvalue weighted by Gasteiger charge is -2.09. The first-order valence-corrected chi connectivity index (χ1v) is 6.17. The first kappa shape index (κ1) is 11.1. The number of hydrogen-bond donors (Lipinski definition) is 1. The van der Waals surface area contributed by atoms with E-state index < -0.39 is 0 Å². The van der Waals surface area contributed by atoms with Crippen LogP contribution in [-0.2, 0) is 6.54 Å². The first-order valence-electron chi connectivity index (χ1n) is 4.38. The molecule has 0 aliphatic rings. The predicted molar refractivity (Wildman–Crippen MR) is 61.4 cm³/mol. The fourth-order valence-electron chi connectivity index (χ4n) is 0.997. The van der Waals surface area contributed by atoms with Crippen molar-refractivity contribution >= 4 is 27.3 Å². The Balaban J connectivity index is 2.67. The highest BCUT2D eigenvalue weighted by molar-refractivity contribution is 9.09. The van der Waals surface area contributed by atoms with Gasteiger partial charge in [0.1, 0.15) is 5.01 Å². The van der Waals surface area contributed by atoms with Crippen LogP contribution in [0.5, 0.6) is 0 Å². The number of hydrogen-bond acceptors (Lipinski definition) is 3. The van der Waals surface area contributed by atoms with Gasteiger partial charge in [0.2, 0.25) is 0 Å². The molecule has 13 heavy (non-hydrogen) atoms. The molecule has 1 N–H and O–H groups in total. The normalized spacial score (nSPS) is 13.6. The van der Waals surface area contributed by atoms with E-state index in [-0.39, 0.29) is 0 Å². The molecular weight excluding hydrogens is 248 g/mol. The van der Waals surface area contributed by atoms with Gasteiger partial charge in [0.15, 0.2) is 0 Å². The van der Waals surface area contributed by atoms with Crippen LogP contribution >= 0.6 is 27.3 Å². The van der Waals surface area contributed by atoms with Crippen LogP contribution in [0.4, 0.5) is 0 Å². The Morgan fingerprint density at radius 1 is 1.62 bits per heavy atom. The summed E-state index contributed by atoms with van der Waals surface area (Å²) in [5.41, 5.74) is 1.13. The number of thiazole rings is 1. The Bertz CT molecular complexity index is 260. The molecule has 0 aliphatic carbocycles. The van der Waals surface area contributed by atoms with Crippen molar-refractivity contribution in [2.75, 3.05) is 7.05 Å². The average molecular weight is 263 g/mol. The summed E-state index contributed by atoms with van der Waals surface area (Å²) in [6.45, 7) is 5.24. The molecule has 1 heterocycles. The van der Waals surface area contributed by atoms with Crippen molar-refractivity contribution in [1.29, 1.82) is 0 Å². The molecule has 0 aromatic carbocycles. The molecule has 0 saturated heterocycles. The van der Waals surface area contributed by atoms with Gasteiger partial charge in [-0.1, -0.05) is 29.8 Å². The van der Waals surface area contributed by atoms with Crippen LogP contribution < -0.4 is 5.32 Å². The summed E-state index contributed by atoms with van der Waals surface area (Å²) in [4.78, 5) is 4.92. The van der Waals surface area contributed by atoms with E-state index >= 15 is 0 Å². The van der Waals surface area contributed by atoms with E-state index in [0.717, 1.165) is 12.2 Å². The van der Waals surface area contributed by atoms with Crippen LogP contribution in [0.3, 0.4) is 0 Å². The van der Waals surface area contributed by atoms with E-state index in [2.05, 4.69) is 45.5 Å². The molecular formula is C9H15BrN2S.